The van der Waals surface area contributed by atoms with Gasteiger partial charge in [-0.3, -0.25) is 10.1 Å². The lowest BCUT2D eigenvalue weighted by atomic mass is 10.0. The van der Waals surface area contributed by atoms with E-state index in [0.29, 0.717) is 34.0 Å². The van der Waals surface area contributed by atoms with E-state index in [2.05, 4.69) is 52.5 Å². The van der Waals surface area contributed by atoms with Crippen molar-refractivity contribution in [2.75, 3.05) is 0 Å². The van der Waals surface area contributed by atoms with E-state index in [1.807, 2.05) is 37.3 Å². The molecule has 3 N–H and O–H groups in total. The summed E-state index contributed by atoms with van der Waals surface area (Å²) in [7, 11) is 0. The second-order valence-electron chi connectivity index (χ2n) is 9.98. The van der Waals surface area contributed by atoms with Gasteiger partial charge in [-0.15, -0.1) is 0 Å². The maximum Gasteiger partial charge on any atom is 0.166 e. The van der Waals surface area contributed by atoms with Gasteiger partial charge in [0.05, 0.1) is 17.2 Å². The highest BCUT2D eigenvalue weighted by molar-refractivity contribution is 5.98. The average molecular weight is 537 g/mol. The molecule has 6 nitrogen and oxygen atoms in total. The van der Waals surface area contributed by atoms with E-state index < -0.39 is 11.6 Å². The fourth-order valence-electron chi connectivity index (χ4n) is 4.72. The summed E-state index contributed by atoms with van der Waals surface area (Å²) in [6.07, 6.45) is 9.79. The summed E-state index contributed by atoms with van der Waals surface area (Å²) >= 11 is 0. The molecule has 0 radical (unpaired) electrons. The third-order valence-electron chi connectivity index (χ3n) is 6.57. The Kier molecular flexibility index (Phi) is 7.42. The average Bonchev–Trinajstić information content (AvgIpc) is 3.55. The van der Waals surface area contributed by atoms with Crippen molar-refractivity contribution < 1.29 is 8.78 Å². The van der Waals surface area contributed by atoms with Gasteiger partial charge in [-0.2, -0.15) is 5.10 Å². The topological polar surface area (TPSA) is 82.3 Å². The Bertz CT molecular complexity index is 1810. The molecule has 0 amide bonds. The van der Waals surface area contributed by atoms with Crippen LogP contribution in [-0.2, 0) is 0 Å². The van der Waals surface area contributed by atoms with Crippen LogP contribution in [0.5, 0.6) is 0 Å². The van der Waals surface area contributed by atoms with Gasteiger partial charge in [0.2, 0.25) is 0 Å². The molecular weight excluding hydrogens is 506 g/mol. The predicted octanol–water partition coefficient (Wildman–Crippen LogP) is 8.07. The molecule has 202 valence electrons. The smallest absolute Gasteiger partial charge is 0.166 e. The summed E-state index contributed by atoms with van der Waals surface area (Å²) in [5.41, 5.74) is 6.74. The molecule has 0 spiro atoms. The molecule has 0 aliphatic rings. The SMILES string of the molecule is C=C/C(=C\C(=C/C)c1ccc2[nH]nc(-c3nc4c(-c5cccc(F)c5F)cncc4[nH]3)c2c1)NC(=C)CC(C)C. The van der Waals surface area contributed by atoms with Crippen LogP contribution in [0.2, 0.25) is 0 Å². The molecule has 0 aliphatic heterocycles. The minimum absolute atomic E-state index is 0.0949. The van der Waals surface area contributed by atoms with Crippen LogP contribution in [0.1, 0.15) is 32.8 Å². The number of imidazole rings is 1. The summed E-state index contributed by atoms with van der Waals surface area (Å²) in [6.45, 7) is 14.4. The van der Waals surface area contributed by atoms with Crippen molar-refractivity contribution >= 4 is 27.5 Å². The third-order valence-corrected chi connectivity index (χ3v) is 6.57. The van der Waals surface area contributed by atoms with Crippen LogP contribution in [0.3, 0.4) is 0 Å². The zero-order chi connectivity index (χ0) is 28.4. The van der Waals surface area contributed by atoms with Gasteiger partial charge in [-0.05, 0) is 60.8 Å². The summed E-state index contributed by atoms with van der Waals surface area (Å²) < 4.78 is 28.6. The van der Waals surface area contributed by atoms with E-state index in [4.69, 9.17) is 4.98 Å². The van der Waals surface area contributed by atoms with Crippen molar-refractivity contribution in [3.8, 4) is 22.6 Å². The Morgan fingerprint density at radius 3 is 2.67 bits per heavy atom. The number of nitrogens with zero attached hydrogens (tertiary/aromatic N) is 3. The summed E-state index contributed by atoms with van der Waals surface area (Å²) in [6, 6.07) is 10.1. The maximum absolute atomic E-state index is 14.6. The van der Waals surface area contributed by atoms with E-state index in [9.17, 15) is 8.78 Å². The molecule has 3 heterocycles. The number of H-pyrrole nitrogens is 2. The fourth-order valence-corrected chi connectivity index (χ4v) is 4.72. The second-order valence-corrected chi connectivity index (χ2v) is 9.98. The van der Waals surface area contributed by atoms with Crippen LogP contribution in [0, 0.1) is 17.6 Å². The quantitative estimate of drug-likeness (QED) is 0.166. The summed E-state index contributed by atoms with van der Waals surface area (Å²) in [4.78, 5) is 12.2. The number of hydrogen-bond acceptors (Lipinski definition) is 4. The molecule has 5 aromatic rings. The van der Waals surface area contributed by atoms with Gasteiger partial charge in [0.1, 0.15) is 11.2 Å². The number of aromatic amines is 2. The number of aromatic nitrogens is 5. The summed E-state index contributed by atoms with van der Waals surface area (Å²) in [5, 5.41) is 11.8. The second kappa shape index (κ2) is 11.1. The van der Waals surface area contributed by atoms with Gasteiger partial charge in [0, 0.05) is 34.1 Å². The molecule has 0 saturated heterocycles. The van der Waals surface area contributed by atoms with Crippen LogP contribution in [0.4, 0.5) is 8.78 Å². The van der Waals surface area contributed by atoms with E-state index in [-0.39, 0.29) is 5.56 Å². The zero-order valence-corrected chi connectivity index (χ0v) is 22.6. The minimum atomic E-state index is -0.940. The molecule has 0 aliphatic carbocycles. The van der Waals surface area contributed by atoms with Crippen LogP contribution >= 0.6 is 0 Å². The van der Waals surface area contributed by atoms with Gasteiger partial charge in [-0.25, -0.2) is 13.8 Å². The largest absolute Gasteiger partial charge is 0.359 e. The first kappa shape index (κ1) is 26.7. The Labute approximate surface area is 231 Å². The predicted molar refractivity (Wildman–Crippen MR) is 158 cm³/mol. The summed E-state index contributed by atoms with van der Waals surface area (Å²) in [5.74, 6) is -0.888. The van der Waals surface area contributed by atoms with Crippen molar-refractivity contribution in [3.05, 3.63) is 109 Å². The van der Waals surface area contributed by atoms with Crippen LogP contribution in [-0.4, -0.2) is 25.1 Å². The molecule has 40 heavy (non-hydrogen) atoms. The molecule has 5 rings (SSSR count). The van der Waals surface area contributed by atoms with E-state index >= 15 is 0 Å². The first-order valence-corrected chi connectivity index (χ1v) is 13.0. The standard InChI is InChI=1S/C32H30F2N6/c1-6-20(14-22(7-2)36-19(5)13-18(3)4)21-11-12-27-24(15-21)31(40-39-27)32-37-28-17-35-16-25(30(28)38-32)23-9-8-10-26(33)29(23)34/h6-12,14-18,36H,2,5,13H2,1,3-4H3,(H,37,38)(H,39,40)/b20-6+,22-14+. The van der Waals surface area contributed by atoms with Gasteiger partial charge in [0.25, 0.3) is 0 Å². The van der Waals surface area contributed by atoms with Crippen molar-refractivity contribution in [2.24, 2.45) is 5.92 Å². The Morgan fingerprint density at radius 2 is 1.93 bits per heavy atom. The third kappa shape index (κ3) is 5.20. The van der Waals surface area contributed by atoms with Gasteiger partial charge in [-0.1, -0.05) is 51.3 Å². The van der Waals surface area contributed by atoms with Crippen LogP contribution < -0.4 is 5.32 Å². The highest BCUT2D eigenvalue weighted by Crippen LogP contribution is 2.33. The van der Waals surface area contributed by atoms with Crippen molar-refractivity contribution in [1.82, 2.24) is 30.5 Å². The molecule has 0 bridgehead atoms. The molecule has 8 heteroatoms. The lowest BCUT2D eigenvalue weighted by Crippen LogP contribution is -2.12. The first-order valence-electron chi connectivity index (χ1n) is 13.0. The van der Waals surface area contributed by atoms with Gasteiger partial charge < -0.3 is 10.3 Å². The highest BCUT2D eigenvalue weighted by Gasteiger charge is 2.18. The Hall–Kier alpha value is -4.85. The van der Waals surface area contributed by atoms with Crippen LogP contribution in [0.15, 0.2) is 91.6 Å². The van der Waals surface area contributed by atoms with Gasteiger partial charge >= 0.3 is 0 Å². The van der Waals surface area contributed by atoms with Crippen molar-refractivity contribution in [3.63, 3.8) is 0 Å². The number of pyridine rings is 1. The number of nitrogens with one attached hydrogen (secondary N) is 3. The lowest BCUT2D eigenvalue weighted by molar-refractivity contribution is 0.511. The van der Waals surface area contributed by atoms with Crippen LogP contribution in [0.25, 0.3) is 50.2 Å². The Morgan fingerprint density at radius 1 is 1.10 bits per heavy atom. The zero-order valence-electron chi connectivity index (χ0n) is 22.6. The molecule has 2 aromatic carbocycles. The number of halogens is 2. The normalized spacial score (nSPS) is 12.4. The van der Waals surface area contributed by atoms with Crippen molar-refractivity contribution in [1.29, 1.82) is 0 Å². The van der Waals surface area contributed by atoms with Crippen molar-refractivity contribution in [2.45, 2.75) is 27.2 Å². The highest BCUT2D eigenvalue weighted by atomic mass is 19.2. The first-order chi connectivity index (χ1) is 19.3. The van der Waals surface area contributed by atoms with E-state index in [1.54, 1.807) is 12.3 Å². The lowest BCUT2D eigenvalue weighted by Gasteiger charge is -2.13. The molecular formula is C32H30F2N6. The number of benzene rings is 2. The number of fused-ring (bicyclic) bond motifs is 2. The number of hydrogen-bond donors (Lipinski definition) is 3. The Balaban J connectivity index is 1.54. The molecule has 0 unspecified atom stereocenters. The molecule has 0 atom stereocenters. The molecule has 0 saturated carbocycles. The molecule has 3 aromatic heterocycles. The number of rotatable bonds is 9. The molecule has 0 fully saturated rings. The minimum Gasteiger partial charge on any atom is -0.359 e. The van der Waals surface area contributed by atoms with Gasteiger partial charge in [0.15, 0.2) is 17.5 Å². The van der Waals surface area contributed by atoms with E-state index in [1.165, 1.54) is 18.3 Å². The number of allylic oxidation sites excluding steroid dienone is 5. The maximum atomic E-state index is 14.6. The van der Waals surface area contributed by atoms with E-state index in [0.717, 1.165) is 45.9 Å². The monoisotopic (exact) mass is 536 g/mol. The fraction of sp³-hybridized carbons (Fsp3) is 0.156.